The molecule has 0 bridgehead atoms. The number of ether oxygens (including phenoxy) is 2. The molecule has 0 saturated carbocycles. The fourth-order valence-electron chi connectivity index (χ4n) is 2.55. The van der Waals surface area contributed by atoms with Crippen LogP contribution in [0.3, 0.4) is 0 Å². The molecule has 0 unspecified atom stereocenters. The first kappa shape index (κ1) is 16.5. The second-order valence-corrected chi connectivity index (χ2v) is 5.33. The first-order chi connectivity index (χ1) is 12.2. The van der Waals surface area contributed by atoms with Crippen molar-refractivity contribution in [1.82, 2.24) is 5.43 Å². The number of nitrogens with zero attached hydrogens (tertiary/aromatic N) is 1. The molecule has 1 N–H and O–H groups in total. The molecule has 0 aromatic heterocycles. The molecule has 0 spiro atoms. The summed E-state index contributed by atoms with van der Waals surface area (Å²) in [6, 6.07) is 18.5. The van der Waals surface area contributed by atoms with E-state index in [1.165, 1.54) is 0 Å². The Morgan fingerprint density at radius 3 is 2.48 bits per heavy atom. The maximum absolute atomic E-state index is 12.1. The summed E-state index contributed by atoms with van der Waals surface area (Å²) in [5.41, 5.74) is 3.85. The van der Waals surface area contributed by atoms with E-state index in [1.807, 2.05) is 36.4 Å². The van der Waals surface area contributed by atoms with E-state index in [9.17, 15) is 4.79 Å². The molecule has 3 rings (SSSR count). The highest BCUT2D eigenvalue weighted by molar-refractivity contribution is 6.03. The molecule has 126 valence electrons. The number of rotatable bonds is 5. The number of fused-ring (bicyclic) bond motifs is 1. The van der Waals surface area contributed by atoms with E-state index in [1.54, 1.807) is 44.7 Å². The summed E-state index contributed by atoms with van der Waals surface area (Å²) in [4.78, 5) is 12.1. The molecular formula is C20H18N2O3. The van der Waals surface area contributed by atoms with Crippen molar-refractivity contribution in [2.45, 2.75) is 0 Å². The number of carbonyl (C=O) groups is 1. The highest BCUT2D eigenvalue weighted by atomic mass is 16.5. The van der Waals surface area contributed by atoms with Crippen molar-refractivity contribution in [3.8, 4) is 11.5 Å². The van der Waals surface area contributed by atoms with Crippen LogP contribution in [0.1, 0.15) is 15.9 Å². The molecule has 25 heavy (non-hydrogen) atoms. The van der Waals surface area contributed by atoms with E-state index in [0.29, 0.717) is 11.3 Å². The average molecular weight is 334 g/mol. The predicted octanol–water partition coefficient (Wildman–Crippen LogP) is 3.62. The van der Waals surface area contributed by atoms with E-state index in [2.05, 4.69) is 10.5 Å². The molecule has 0 atom stereocenters. The van der Waals surface area contributed by atoms with Crippen molar-refractivity contribution in [1.29, 1.82) is 0 Å². The lowest BCUT2D eigenvalue weighted by Gasteiger charge is -2.10. The minimum Gasteiger partial charge on any atom is -0.497 e. The van der Waals surface area contributed by atoms with Crippen LogP contribution in [-0.2, 0) is 0 Å². The summed E-state index contributed by atoms with van der Waals surface area (Å²) in [6.07, 6.45) is 1.58. The SMILES string of the molecule is COc1ccc2ccc(OC)c(/C=N/NC(=O)c3ccccc3)c2c1. The highest BCUT2D eigenvalue weighted by Gasteiger charge is 2.08. The van der Waals surface area contributed by atoms with Gasteiger partial charge in [-0.2, -0.15) is 5.10 Å². The lowest BCUT2D eigenvalue weighted by atomic mass is 10.0. The van der Waals surface area contributed by atoms with E-state index in [4.69, 9.17) is 9.47 Å². The lowest BCUT2D eigenvalue weighted by molar-refractivity contribution is 0.0955. The van der Waals surface area contributed by atoms with Crippen molar-refractivity contribution >= 4 is 22.9 Å². The standard InChI is InChI=1S/C20H18N2O3/c1-24-16-10-8-14-9-11-19(25-2)18(17(14)12-16)13-21-22-20(23)15-6-4-3-5-7-15/h3-13H,1-2H3,(H,22,23)/b21-13+. The van der Waals surface area contributed by atoms with E-state index in [-0.39, 0.29) is 5.91 Å². The highest BCUT2D eigenvalue weighted by Crippen LogP contribution is 2.29. The van der Waals surface area contributed by atoms with Gasteiger partial charge in [0.25, 0.3) is 5.91 Å². The number of hydrogen-bond donors (Lipinski definition) is 1. The predicted molar refractivity (Wildman–Crippen MR) is 98.6 cm³/mol. The molecule has 0 aliphatic rings. The third-order valence-corrected chi connectivity index (χ3v) is 3.85. The Kier molecular flexibility index (Phi) is 4.95. The van der Waals surface area contributed by atoms with Crippen molar-refractivity contribution in [3.63, 3.8) is 0 Å². The maximum Gasteiger partial charge on any atom is 0.271 e. The van der Waals surface area contributed by atoms with Crippen LogP contribution < -0.4 is 14.9 Å². The van der Waals surface area contributed by atoms with Gasteiger partial charge in [0.2, 0.25) is 0 Å². The lowest BCUT2D eigenvalue weighted by Crippen LogP contribution is -2.17. The summed E-state index contributed by atoms with van der Waals surface area (Å²) in [5.74, 6) is 1.14. The summed E-state index contributed by atoms with van der Waals surface area (Å²) >= 11 is 0. The number of amides is 1. The van der Waals surface area contributed by atoms with E-state index >= 15 is 0 Å². The van der Waals surface area contributed by atoms with Crippen LogP contribution in [0.2, 0.25) is 0 Å². The van der Waals surface area contributed by atoms with Crippen LogP contribution in [0, 0.1) is 0 Å². The van der Waals surface area contributed by atoms with Crippen LogP contribution in [0.15, 0.2) is 65.8 Å². The first-order valence-electron chi connectivity index (χ1n) is 7.76. The maximum atomic E-state index is 12.1. The molecule has 3 aromatic rings. The Hall–Kier alpha value is -3.34. The Morgan fingerprint density at radius 1 is 1.00 bits per heavy atom. The third kappa shape index (κ3) is 3.61. The second kappa shape index (κ2) is 7.49. The molecule has 0 aliphatic carbocycles. The second-order valence-electron chi connectivity index (χ2n) is 5.33. The monoisotopic (exact) mass is 334 g/mol. The van der Waals surface area contributed by atoms with Gasteiger partial charge in [-0.15, -0.1) is 0 Å². The smallest absolute Gasteiger partial charge is 0.271 e. The number of methoxy groups -OCH3 is 2. The molecule has 0 heterocycles. The Labute approximate surface area is 145 Å². The third-order valence-electron chi connectivity index (χ3n) is 3.85. The number of nitrogens with one attached hydrogen (secondary N) is 1. The molecule has 5 nitrogen and oxygen atoms in total. The normalized spacial score (nSPS) is 10.8. The van der Waals surface area contributed by atoms with E-state index < -0.39 is 0 Å². The summed E-state index contributed by atoms with van der Waals surface area (Å²) in [5, 5.41) is 6.04. The van der Waals surface area contributed by atoms with Crippen LogP contribution in [0.4, 0.5) is 0 Å². The number of benzene rings is 3. The van der Waals surface area contributed by atoms with Gasteiger partial charge in [-0.25, -0.2) is 5.43 Å². The van der Waals surface area contributed by atoms with Crippen LogP contribution >= 0.6 is 0 Å². The number of hydrogen-bond acceptors (Lipinski definition) is 4. The summed E-state index contributed by atoms with van der Waals surface area (Å²) < 4.78 is 10.7. The molecule has 1 amide bonds. The molecule has 0 aliphatic heterocycles. The van der Waals surface area contributed by atoms with Gasteiger partial charge in [-0.05, 0) is 41.1 Å². The van der Waals surface area contributed by atoms with Gasteiger partial charge in [0.15, 0.2) is 0 Å². The number of carbonyl (C=O) groups excluding carboxylic acids is 1. The van der Waals surface area contributed by atoms with Crippen LogP contribution in [0.25, 0.3) is 10.8 Å². The minimum absolute atomic E-state index is 0.270. The van der Waals surface area contributed by atoms with Gasteiger partial charge in [0.05, 0.1) is 20.4 Å². The number of hydrazone groups is 1. The fraction of sp³-hybridized carbons (Fsp3) is 0.100. The van der Waals surface area contributed by atoms with Gasteiger partial charge in [-0.3, -0.25) is 4.79 Å². The van der Waals surface area contributed by atoms with Gasteiger partial charge in [0, 0.05) is 11.1 Å². The fourth-order valence-corrected chi connectivity index (χ4v) is 2.55. The largest absolute Gasteiger partial charge is 0.497 e. The minimum atomic E-state index is -0.270. The summed E-state index contributed by atoms with van der Waals surface area (Å²) in [7, 11) is 3.22. The van der Waals surface area contributed by atoms with Crippen LogP contribution in [-0.4, -0.2) is 26.3 Å². The molecule has 5 heteroatoms. The quantitative estimate of drug-likeness (QED) is 0.573. The summed E-state index contributed by atoms with van der Waals surface area (Å²) in [6.45, 7) is 0. The van der Waals surface area contributed by atoms with Gasteiger partial charge >= 0.3 is 0 Å². The van der Waals surface area contributed by atoms with Crippen molar-refractivity contribution < 1.29 is 14.3 Å². The Balaban J connectivity index is 1.92. The van der Waals surface area contributed by atoms with Gasteiger partial charge in [0.1, 0.15) is 11.5 Å². The zero-order valence-electron chi connectivity index (χ0n) is 14.0. The van der Waals surface area contributed by atoms with Crippen LogP contribution in [0.5, 0.6) is 11.5 Å². The first-order valence-corrected chi connectivity index (χ1v) is 7.76. The molecular weight excluding hydrogens is 316 g/mol. The molecule has 0 saturated heterocycles. The van der Waals surface area contributed by atoms with Crippen molar-refractivity contribution in [2.75, 3.05) is 14.2 Å². The molecule has 3 aromatic carbocycles. The molecule has 0 radical (unpaired) electrons. The topological polar surface area (TPSA) is 59.9 Å². The van der Waals surface area contributed by atoms with Crippen molar-refractivity contribution in [2.24, 2.45) is 5.10 Å². The Morgan fingerprint density at radius 2 is 1.76 bits per heavy atom. The zero-order chi connectivity index (χ0) is 17.6. The molecule has 0 fully saturated rings. The van der Waals surface area contributed by atoms with E-state index in [0.717, 1.165) is 22.1 Å². The van der Waals surface area contributed by atoms with Gasteiger partial charge < -0.3 is 9.47 Å². The Bertz CT molecular complexity index is 916. The zero-order valence-corrected chi connectivity index (χ0v) is 14.0. The van der Waals surface area contributed by atoms with Gasteiger partial charge in [-0.1, -0.05) is 30.3 Å². The average Bonchev–Trinajstić information content (AvgIpc) is 2.68. The van der Waals surface area contributed by atoms with Crippen molar-refractivity contribution in [3.05, 3.63) is 71.8 Å².